The number of methoxy groups -OCH3 is 1. The fourth-order valence-electron chi connectivity index (χ4n) is 5.91. The standard InChI is InChI=1S/C27H32ClN3O2/c1-33-23-14-10-21(11-15-23)29-25-24(30-18-6-3-7-19-30)27(16-4-2-5-17-27)26(32)31(25)22-12-8-20(28)9-13-22/h8-15,24H,2-7,16-19H2,1H3. The topological polar surface area (TPSA) is 45.1 Å². The van der Waals surface area contributed by atoms with Crippen molar-refractivity contribution in [2.45, 2.75) is 57.4 Å². The summed E-state index contributed by atoms with van der Waals surface area (Å²) in [5.74, 6) is 1.86. The Bertz CT molecular complexity index is 1010. The van der Waals surface area contributed by atoms with E-state index >= 15 is 0 Å². The van der Waals surface area contributed by atoms with Crippen LogP contribution in [0.3, 0.4) is 0 Å². The molecule has 0 aromatic heterocycles. The summed E-state index contributed by atoms with van der Waals surface area (Å²) in [4.78, 5) is 23.9. The fraction of sp³-hybridized carbons (Fsp3) is 0.481. The van der Waals surface area contributed by atoms with Crippen LogP contribution in [0, 0.1) is 5.41 Å². The monoisotopic (exact) mass is 465 g/mol. The maximum Gasteiger partial charge on any atom is 0.240 e. The lowest BCUT2D eigenvalue weighted by Crippen LogP contribution is -2.52. The Morgan fingerprint density at radius 2 is 1.55 bits per heavy atom. The lowest BCUT2D eigenvalue weighted by atomic mass is 9.69. The quantitative estimate of drug-likeness (QED) is 0.537. The van der Waals surface area contributed by atoms with E-state index in [9.17, 15) is 4.79 Å². The number of rotatable bonds is 4. The Labute approximate surface area is 201 Å². The molecule has 0 radical (unpaired) electrons. The van der Waals surface area contributed by atoms with Gasteiger partial charge in [0.05, 0.1) is 29.9 Å². The number of anilines is 1. The molecule has 1 saturated carbocycles. The highest BCUT2D eigenvalue weighted by molar-refractivity contribution is 6.31. The normalized spacial score (nSPS) is 24.5. The van der Waals surface area contributed by atoms with Crippen LogP contribution in [0.5, 0.6) is 5.75 Å². The van der Waals surface area contributed by atoms with Crippen molar-refractivity contribution in [2.24, 2.45) is 10.4 Å². The number of ether oxygens (including phenoxy) is 1. The van der Waals surface area contributed by atoms with Crippen LogP contribution >= 0.6 is 11.6 Å². The van der Waals surface area contributed by atoms with Crippen molar-refractivity contribution in [3.8, 4) is 5.75 Å². The molecule has 5 rings (SSSR count). The highest BCUT2D eigenvalue weighted by Crippen LogP contribution is 2.50. The van der Waals surface area contributed by atoms with Gasteiger partial charge in [-0.2, -0.15) is 0 Å². The molecular weight excluding hydrogens is 434 g/mol. The molecule has 0 bridgehead atoms. The average molecular weight is 466 g/mol. The number of hydrogen-bond acceptors (Lipinski definition) is 4. The molecule has 0 N–H and O–H groups in total. The summed E-state index contributed by atoms with van der Waals surface area (Å²) in [6.07, 6.45) is 8.87. The van der Waals surface area contributed by atoms with Gasteiger partial charge in [0.2, 0.25) is 5.91 Å². The van der Waals surface area contributed by atoms with E-state index in [0.29, 0.717) is 5.02 Å². The number of hydrogen-bond donors (Lipinski definition) is 0. The van der Waals surface area contributed by atoms with Gasteiger partial charge in [-0.25, -0.2) is 4.99 Å². The van der Waals surface area contributed by atoms with Gasteiger partial charge in [0.15, 0.2) is 0 Å². The third kappa shape index (κ3) is 4.17. The zero-order chi connectivity index (χ0) is 22.8. The molecule has 3 fully saturated rings. The molecule has 2 heterocycles. The van der Waals surface area contributed by atoms with Crippen molar-refractivity contribution >= 4 is 34.7 Å². The molecular formula is C27H32ClN3O2. The molecule has 1 aliphatic carbocycles. The number of nitrogens with zero attached hydrogens (tertiary/aromatic N) is 3. The molecule has 2 aromatic carbocycles. The summed E-state index contributed by atoms with van der Waals surface area (Å²) in [6.45, 7) is 2.05. The van der Waals surface area contributed by atoms with Gasteiger partial charge in [0.1, 0.15) is 11.6 Å². The van der Waals surface area contributed by atoms with Crippen molar-refractivity contribution in [1.82, 2.24) is 4.90 Å². The predicted octanol–water partition coefficient (Wildman–Crippen LogP) is 6.23. The van der Waals surface area contributed by atoms with E-state index < -0.39 is 5.41 Å². The number of piperidine rings is 1. The molecule has 174 valence electrons. The van der Waals surface area contributed by atoms with E-state index in [1.54, 1.807) is 7.11 Å². The second-order valence-electron chi connectivity index (χ2n) is 9.50. The maximum atomic E-state index is 14.3. The van der Waals surface area contributed by atoms with Gasteiger partial charge in [-0.05, 0) is 87.3 Å². The number of amidine groups is 1. The van der Waals surface area contributed by atoms with Crippen LogP contribution in [0.2, 0.25) is 5.02 Å². The Morgan fingerprint density at radius 1 is 0.909 bits per heavy atom. The first-order valence-corrected chi connectivity index (χ1v) is 12.6. The van der Waals surface area contributed by atoms with Crippen LogP contribution in [0.25, 0.3) is 0 Å². The largest absolute Gasteiger partial charge is 0.497 e. The van der Waals surface area contributed by atoms with Crippen molar-refractivity contribution < 1.29 is 9.53 Å². The van der Waals surface area contributed by atoms with E-state index in [1.165, 1.54) is 25.7 Å². The minimum atomic E-state index is -0.402. The molecule has 2 aliphatic heterocycles. The molecule has 33 heavy (non-hydrogen) atoms. The van der Waals surface area contributed by atoms with E-state index in [0.717, 1.165) is 61.7 Å². The Hall–Kier alpha value is -2.37. The molecule has 1 unspecified atom stereocenters. The first kappa shape index (κ1) is 22.4. The SMILES string of the molecule is COc1ccc(N=C2C(N3CCCCC3)C3(CCCCC3)C(=O)N2c2ccc(Cl)cc2)cc1. The minimum absolute atomic E-state index is 0.00313. The number of aliphatic imine (C=N–C) groups is 1. The van der Waals surface area contributed by atoms with Crippen LogP contribution in [0.1, 0.15) is 51.4 Å². The number of carbonyl (C=O) groups is 1. The average Bonchev–Trinajstić information content (AvgIpc) is 3.08. The summed E-state index contributed by atoms with van der Waals surface area (Å²) in [6, 6.07) is 15.4. The molecule has 1 spiro atoms. The molecule has 2 aromatic rings. The smallest absolute Gasteiger partial charge is 0.240 e. The first-order valence-electron chi connectivity index (χ1n) is 12.2. The third-order valence-corrected chi connectivity index (χ3v) is 7.78. The van der Waals surface area contributed by atoms with Crippen molar-refractivity contribution in [3.63, 3.8) is 0 Å². The van der Waals surface area contributed by atoms with E-state index in [4.69, 9.17) is 21.3 Å². The van der Waals surface area contributed by atoms with Gasteiger partial charge in [-0.1, -0.05) is 37.3 Å². The maximum absolute atomic E-state index is 14.3. The van der Waals surface area contributed by atoms with Crippen molar-refractivity contribution in [1.29, 1.82) is 0 Å². The number of amides is 1. The third-order valence-electron chi connectivity index (χ3n) is 7.53. The van der Waals surface area contributed by atoms with Gasteiger partial charge < -0.3 is 4.74 Å². The summed E-state index contributed by atoms with van der Waals surface area (Å²) in [5, 5.41) is 0.666. The first-order chi connectivity index (χ1) is 16.1. The number of halogens is 1. The molecule has 5 nitrogen and oxygen atoms in total. The molecule has 1 atom stereocenters. The fourth-order valence-corrected chi connectivity index (χ4v) is 6.04. The number of carbonyl (C=O) groups excluding carboxylic acids is 1. The Balaban J connectivity index is 1.66. The number of benzene rings is 2. The summed E-state index contributed by atoms with van der Waals surface area (Å²) < 4.78 is 5.33. The van der Waals surface area contributed by atoms with Crippen LogP contribution in [-0.2, 0) is 4.79 Å². The van der Waals surface area contributed by atoms with Crippen molar-refractivity contribution in [2.75, 3.05) is 25.1 Å². The van der Waals surface area contributed by atoms with Gasteiger partial charge in [-0.3, -0.25) is 14.6 Å². The van der Waals surface area contributed by atoms with E-state index in [1.807, 2.05) is 53.4 Å². The van der Waals surface area contributed by atoms with Gasteiger partial charge in [0.25, 0.3) is 0 Å². The van der Waals surface area contributed by atoms with Crippen molar-refractivity contribution in [3.05, 3.63) is 53.6 Å². The predicted molar refractivity (Wildman–Crippen MR) is 134 cm³/mol. The van der Waals surface area contributed by atoms with E-state index in [2.05, 4.69) is 4.90 Å². The summed E-state index contributed by atoms with van der Waals surface area (Å²) in [5.41, 5.74) is 1.29. The highest BCUT2D eigenvalue weighted by Gasteiger charge is 2.60. The lowest BCUT2D eigenvalue weighted by molar-refractivity contribution is -0.130. The van der Waals surface area contributed by atoms with Crippen LogP contribution in [-0.4, -0.2) is 42.9 Å². The molecule has 1 amide bonds. The summed E-state index contributed by atoms with van der Waals surface area (Å²) in [7, 11) is 1.66. The summed E-state index contributed by atoms with van der Waals surface area (Å²) >= 11 is 6.19. The Morgan fingerprint density at radius 3 is 2.18 bits per heavy atom. The van der Waals surface area contributed by atoms with Gasteiger partial charge in [0, 0.05) is 5.02 Å². The lowest BCUT2D eigenvalue weighted by Gasteiger charge is -2.42. The zero-order valence-corrected chi connectivity index (χ0v) is 20.1. The van der Waals surface area contributed by atoms with E-state index in [-0.39, 0.29) is 11.9 Å². The van der Waals surface area contributed by atoms with Gasteiger partial charge >= 0.3 is 0 Å². The molecule has 6 heteroatoms. The van der Waals surface area contributed by atoms with Crippen LogP contribution in [0.4, 0.5) is 11.4 Å². The van der Waals surface area contributed by atoms with Crippen LogP contribution in [0.15, 0.2) is 53.5 Å². The Kier molecular flexibility index (Phi) is 6.44. The molecule has 2 saturated heterocycles. The van der Waals surface area contributed by atoms with Gasteiger partial charge in [-0.15, -0.1) is 0 Å². The number of likely N-dealkylation sites (tertiary alicyclic amines) is 1. The molecule has 3 aliphatic rings. The van der Waals surface area contributed by atoms with Crippen LogP contribution < -0.4 is 9.64 Å². The highest BCUT2D eigenvalue weighted by atomic mass is 35.5. The second kappa shape index (κ2) is 9.47. The zero-order valence-electron chi connectivity index (χ0n) is 19.3. The minimum Gasteiger partial charge on any atom is -0.497 e. The second-order valence-corrected chi connectivity index (χ2v) is 9.94.